The average molecular weight is 816 g/mol. The van der Waals surface area contributed by atoms with Crippen LogP contribution < -0.4 is 4.90 Å². The lowest BCUT2D eigenvalue weighted by Crippen LogP contribution is -2.32. The van der Waals surface area contributed by atoms with Crippen LogP contribution in [0.2, 0.25) is 0 Å². The van der Waals surface area contributed by atoms with Gasteiger partial charge in [-0.1, -0.05) is 224 Å². The molecule has 10 aromatic rings. The van der Waals surface area contributed by atoms with E-state index in [0.29, 0.717) is 0 Å². The van der Waals surface area contributed by atoms with Gasteiger partial charge in [0.1, 0.15) is 0 Å². The molecule has 1 nitrogen and oxygen atoms in total. The highest BCUT2D eigenvalue weighted by molar-refractivity contribution is 5.94. The Balaban J connectivity index is 1.15. The summed E-state index contributed by atoms with van der Waals surface area (Å²) in [6.45, 7) is 2.40. The molecular weight excluding hydrogens is 771 g/mol. The summed E-state index contributed by atoms with van der Waals surface area (Å²) < 4.78 is 0. The van der Waals surface area contributed by atoms with Crippen LogP contribution >= 0.6 is 0 Å². The molecule has 302 valence electrons. The van der Waals surface area contributed by atoms with Crippen molar-refractivity contribution in [2.24, 2.45) is 0 Å². The molecule has 0 spiro atoms. The summed E-state index contributed by atoms with van der Waals surface area (Å²) in [6, 6.07) is 94.5. The van der Waals surface area contributed by atoms with E-state index in [1.54, 1.807) is 0 Å². The Kier molecular flexibility index (Phi) is 8.91. The van der Waals surface area contributed by atoms with Crippen molar-refractivity contribution in [2.75, 3.05) is 4.90 Å². The molecule has 0 aliphatic heterocycles. The van der Waals surface area contributed by atoms with Crippen molar-refractivity contribution in [3.8, 4) is 44.5 Å². The normalized spacial score (nSPS) is 15.1. The van der Waals surface area contributed by atoms with Gasteiger partial charge in [0.05, 0.1) is 11.1 Å². The van der Waals surface area contributed by atoms with Crippen LogP contribution in [0.4, 0.5) is 17.1 Å². The second kappa shape index (κ2) is 15.1. The maximum Gasteiger partial charge on any atom is 0.0714 e. The SMILES string of the molecule is CC1(c2ccccc2)c2ccccc2-c2ccc(N(c3cccc(C4(c5ccccc5)c5ccccc5-c5ccccc5-c5ccccc54)c3)c3ccccc3-c3ccccc3)cc21. The lowest BCUT2D eigenvalue weighted by Gasteiger charge is -2.39. The zero-order valence-electron chi connectivity index (χ0n) is 35.7. The maximum absolute atomic E-state index is 2.50. The first-order valence-electron chi connectivity index (χ1n) is 22.3. The molecule has 10 aromatic carbocycles. The minimum atomic E-state index is -0.667. The first kappa shape index (κ1) is 37.7. The van der Waals surface area contributed by atoms with Gasteiger partial charge in [-0.15, -0.1) is 0 Å². The van der Waals surface area contributed by atoms with Crippen molar-refractivity contribution in [1.29, 1.82) is 0 Å². The van der Waals surface area contributed by atoms with Gasteiger partial charge in [-0.25, -0.2) is 0 Å². The van der Waals surface area contributed by atoms with Crippen LogP contribution in [0.25, 0.3) is 44.5 Å². The number of hydrogen-bond donors (Lipinski definition) is 0. The zero-order valence-corrected chi connectivity index (χ0v) is 35.7. The number of benzene rings is 10. The highest BCUT2D eigenvalue weighted by atomic mass is 15.1. The Labute approximate surface area is 376 Å². The van der Waals surface area contributed by atoms with Gasteiger partial charge in [-0.2, -0.15) is 0 Å². The molecule has 2 aliphatic rings. The van der Waals surface area contributed by atoms with Crippen LogP contribution in [0.15, 0.2) is 255 Å². The number of rotatable bonds is 7. The maximum atomic E-state index is 2.50. The summed E-state index contributed by atoms with van der Waals surface area (Å²) in [5.41, 5.74) is 21.1. The highest BCUT2D eigenvalue weighted by Gasteiger charge is 2.45. The van der Waals surface area contributed by atoms with Crippen LogP contribution in [0.3, 0.4) is 0 Å². The molecule has 2 aliphatic carbocycles. The second-order valence-electron chi connectivity index (χ2n) is 17.3. The quantitative estimate of drug-likeness (QED) is 0.155. The molecule has 0 radical (unpaired) electrons. The molecule has 1 atom stereocenters. The van der Waals surface area contributed by atoms with Crippen molar-refractivity contribution < 1.29 is 0 Å². The van der Waals surface area contributed by atoms with Crippen LogP contribution in [0.5, 0.6) is 0 Å². The summed E-state index contributed by atoms with van der Waals surface area (Å²) >= 11 is 0. The van der Waals surface area contributed by atoms with E-state index in [2.05, 4.69) is 267 Å². The van der Waals surface area contributed by atoms with Gasteiger partial charge in [0.25, 0.3) is 0 Å². The number of hydrogen-bond acceptors (Lipinski definition) is 1. The number of anilines is 3. The molecule has 1 heteroatoms. The summed E-state index contributed by atoms with van der Waals surface area (Å²) in [6.07, 6.45) is 0. The van der Waals surface area contributed by atoms with Gasteiger partial charge in [0, 0.05) is 22.4 Å². The molecule has 0 aromatic heterocycles. The largest absolute Gasteiger partial charge is 0.310 e. The predicted molar refractivity (Wildman–Crippen MR) is 267 cm³/mol. The van der Waals surface area contributed by atoms with E-state index in [0.717, 1.165) is 17.1 Å². The molecule has 0 fully saturated rings. The summed E-state index contributed by atoms with van der Waals surface area (Å²) in [5, 5.41) is 0. The lowest BCUT2D eigenvalue weighted by molar-refractivity contribution is 0.714. The van der Waals surface area contributed by atoms with E-state index in [9.17, 15) is 0 Å². The van der Waals surface area contributed by atoms with Gasteiger partial charge < -0.3 is 4.90 Å². The fourth-order valence-electron chi connectivity index (χ4n) is 11.2. The van der Waals surface area contributed by atoms with E-state index in [-0.39, 0.29) is 5.41 Å². The highest BCUT2D eigenvalue weighted by Crippen LogP contribution is 2.57. The zero-order chi connectivity index (χ0) is 42.7. The van der Waals surface area contributed by atoms with Gasteiger partial charge in [0.15, 0.2) is 0 Å². The number of nitrogens with zero attached hydrogens (tertiary/aromatic N) is 1. The van der Waals surface area contributed by atoms with Crippen LogP contribution in [-0.2, 0) is 10.8 Å². The predicted octanol–water partition coefficient (Wildman–Crippen LogP) is 16.2. The fraction of sp³-hybridized carbons (Fsp3) is 0.0476. The van der Waals surface area contributed by atoms with Crippen molar-refractivity contribution in [3.05, 3.63) is 294 Å². The third-order valence-electron chi connectivity index (χ3n) is 14.1. The number of para-hydroxylation sites is 1. The molecular formula is C63H45N. The monoisotopic (exact) mass is 815 g/mol. The Bertz CT molecular complexity index is 3280. The average Bonchev–Trinajstić information content (AvgIpc) is 3.57. The molecule has 0 N–H and O–H groups in total. The topological polar surface area (TPSA) is 3.24 Å². The van der Waals surface area contributed by atoms with Crippen molar-refractivity contribution in [1.82, 2.24) is 0 Å². The first-order chi connectivity index (χ1) is 31.7. The van der Waals surface area contributed by atoms with Gasteiger partial charge in [0.2, 0.25) is 0 Å². The van der Waals surface area contributed by atoms with Gasteiger partial charge >= 0.3 is 0 Å². The molecule has 12 rings (SSSR count). The minimum Gasteiger partial charge on any atom is -0.310 e. The number of fused-ring (bicyclic) bond motifs is 8. The van der Waals surface area contributed by atoms with E-state index in [1.807, 2.05) is 0 Å². The van der Waals surface area contributed by atoms with E-state index < -0.39 is 5.41 Å². The Hall–Kier alpha value is -8.00. The molecule has 1 unspecified atom stereocenters. The molecule has 0 saturated carbocycles. The van der Waals surface area contributed by atoms with Crippen LogP contribution in [0.1, 0.15) is 45.9 Å². The van der Waals surface area contributed by atoms with E-state index in [4.69, 9.17) is 0 Å². The smallest absolute Gasteiger partial charge is 0.0714 e. The van der Waals surface area contributed by atoms with Gasteiger partial charge in [-0.3, -0.25) is 0 Å². The molecule has 0 saturated heterocycles. The van der Waals surface area contributed by atoms with Crippen molar-refractivity contribution in [3.63, 3.8) is 0 Å². The molecule has 0 amide bonds. The Morgan fingerprint density at radius 2 is 0.719 bits per heavy atom. The minimum absolute atomic E-state index is 0.351. The Morgan fingerprint density at radius 1 is 0.281 bits per heavy atom. The lowest BCUT2D eigenvalue weighted by atomic mass is 9.63. The summed E-state index contributed by atoms with van der Waals surface area (Å²) in [7, 11) is 0. The van der Waals surface area contributed by atoms with Crippen molar-refractivity contribution >= 4 is 17.1 Å². The molecule has 0 bridgehead atoms. The second-order valence-corrected chi connectivity index (χ2v) is 17.3. The summed E-state index contributed by atoms with van der Waals surface area (Å²) in [4.78, 5) is 2.50. The summed E-state index contributed by atoms with van der Waals surface area (Å²) in [5.74, 6) is 0. The standard InChI is InChI=1S/C63H45N/c1-62(45-24-7-3-8-25-45)57-36-17-13-35-55(57)56-41-40-49(43-60(56)62)64(61-39-20-16-30-50(61)44-22-5-2-6-23-44)48-29-21-28-47(42-48)63(46-26-9-4-10-27-46)58-37-18-14-33-53(58)51-31-11-12-32-52(51)54-34-15-19-38-59(54)63/h2-43H,1H3. The fourth-order valence-corrected chi connectivity index (χ4v) is 11.2. The third kappa shape index (κ3) is 5.64. The van der Waals surface area contributed by atoms with E-state index >= 15 is 0 Å². The molecule has 64 heavy (non-hydrogen) atoms. The van der Waals surface area contributed by atoms with Crippen LogP contribution in [-0.4, -0.2) is 0 Å². The Morgan fingerprint density at radius 3 is 1.34 bits per heavy atom. The first-order valence-corrected chi connectivity index (χ1v) is 22.3. The van der Waals surface area contributed by atoms with Gasteiger partial charge in [-0.05, 0) is 115 Å². The molecule has 0 heterocycles. The van der Waals surface area contributed by atoms with E-state index in [1.165, 1.54) is 83.5 Å². The van der Waals surface area contributed by atoms with Crippen LogP contribution in [0, 0.1) is 0 Å². The third-order valence-corrected chi connectivity index (χ3v) is 14.1. The van der Waals surface area contributed by atoms with Crippen molar-refractivity contribution in [2.45, 2.75) is 17.8 Å².